The number of carbonyl (C=O) groups is 2. The molecule has 35 heavy (non-hydrogen) atoms. The van der Waals surface area contributed by atoms with E-state index in [1.807, 2.05) is 24.3 Å². The second-order valence-corrected chi connectivity index (χ2v) is 9.04. The number of benzene rings is 2. The zero-order chi connectivity index (χ0) is 24.8. The van der Waals surface area contributed by atoms with Gasteiger partial charge in [-0.25, -0.2) is 8.78 Å². The highest BCUT2D eigenvalue weighted by molar-refractivity contribution is 6.00. The van der Waals surface area contributed by atoms with Crippen molar-refractivity contribution in [2.45, 2.75) is 31.8 Å². The molecule has 1 N–H and O–H groups in total. The molecule has 2 aromatic carbocycles. The number of likely N-dealkylation sites (N-methyl/N-ethyl adjacent to an activating group) is 1. The highest BCUT2D eigenvalue weighted by atomic mass is 19.1. The Kier molecular flexibility index (Phi) is 8.30. The molecular weight excluding hydrogens is 456 g/mol. The fourth-order valence-electron chi connectivity index (χ4n) is 4.51. The Morgan fingerprint density at radius 1 is 1.20 bits per heavy atom. The van der Waals surface area contributed by atoms with Gasteiger partial charge in [-0.3, -0.25) is 14.5 Å². The molecule has 2 amide bonds. The molecule has 2 fully saturated rings. The first-order valence-electron chi connectivity index (χ1n) is 11.9. The summed E-state index contributed by atoms with van der Waals surface area (Å²) < 4.78 is 38.6. The van der Waals surface area contributed by atoms with Crippen LogP contribution in [0.1, 0.15) is 24.8 Å². The predicted molar refractivity (Wildman–Crippen MR) is 127 cm³/mol. The molecule has 0 spiro atoms. The molecule has 0 bridgehead atoms. The largest absolute Gasteiger partial charge is 0.492 e. The molecule has 7 nitrogen and oxygen atoms in total. The van der Waals surface area contributed by atoms with Gasteiger partial charge in [0.05, 0.1) is 11.6 Å². The minimum absolute atomic E-state index is 0.0148. The molecule has 9 heteroatoms. The third-order valence-electron chi connectivity index (χ3n) is 6.59. The number of rotatable bonds is 9. The Bertz CT molecular complexity index is 1050. The van der Waals surface area contributed by atoms with Gasteiger partial charge in [0.1, 0.15) is 24.0 Å². The molecule has 0 radical (unpaired) electrons. The van der Waals surface area contributed by atoms with Gasteiger partial charge >= 0.3 is 0 Å². The van der Waals surface area contributed by atoms with Crippen molar-refractivity contribution in [2.24, 2.45) is 5.92 Å². The highest BCUT2D eigenvalue weighted by Crippen LogP contribution is 2.28. The Hall–Kier alpha value is -3.04. The lowest BCUT2D eigenvalue weighted by atomic mass is 10.1. The van der Waals surface area contributed by atoms with Crippen LogP contribution in [0.25, 0.3) is 0 Å². The fraction of sp³-hybridized carbons (Fsp3) is 0.462. The summed E-state index contributed by atoms with van der Waals surface area (Å²) in [6.07, 6.45) is 2.05. The zero-order valence-corrected chi connectivity index (χ0v) is 19.8. The van der Waals surface area contributed by atoms with Crippen molar-refractivity contribution in [3.8, 4) is 5.75 Å². The predicted octanol–water partition coefficient (Wildman–Crippen LogP) is 3.12. The van der Waals surface area contributed by atoms with Crippen molar-refractivity contribution in [1.29, 1.82) is 0 Å². The van der Waals surface area contributed by atoms with Crippen LogP contribution in [0, 0.1) is 17.6 Å². The molecule has 2 saturated heterocycles. The van der Waals surface area contributed by atoms with Gasteiger partial charge in [-0.1, -0.05) is 12.1 Å². The number of carbonyl (C=O) groups excluding carboxylic acids is 2. The lowest BCUT2D eigenvalue weighted by molar-refractivity contribution is -0.126. The van der Waals surface area contributed by atoms with E-state index in [9.17, 15) is 18.4 Å². The molecule has 188 valence electrons. The summed E-state index contributed by atoms with van der Waals surface area (Å²) >= 11 is 0. The van der Waals surface area contributed by atoms with E-state index < -0.39 is 17.6 Å². The molecule has 2 aromatic rings. The summed E-state index contributed by atoms with van der Waals surface area (Å²) in [6.45, 7) is 3.32. The van der Waals surface area contributed by atoms with Crippen molar-refractivity contribution in [3.63, 3.8) is 0 Å². The van der Waals surface area contributed by atoms with Gasteiger partial charge in [0.15, 0.2) is 0 Å². The van der Waals surface area contributed by atoms with E-state index in [1.54, 1.807) is 0 Å². The second kappa shape index (κ2) is 11.6. The summed E-state index contributed by atoms with van der Waals surface area (Å²) in [7, 11) is 2.10. The summed E-state index contributed by atoms with van der Waals surface area (Å²) in [6, 6.07) is 11.1. The maximum atomic E-state index is 14.1. The first kappa shape index (κ1) is 25.1. The van der Waals surface area contributed by atoms with Crippen molar-refractivity contribution >= 4 is 17.5 Å². The van der Waals surface area contributed by atoms with Gasteiger partial charge < -0.3 is 19.7 Å². The van der Waals surface area contributed by atoms with E-state index in [1.165, 1.54) is 11.0 Å². The Balaban J connectivity index is 1.24. The van der Waals surface area contributed by atoms with Gasteiger partial charge in [0, 0.05) is 51.4 Å². The van der Waals surface area contributed by atoms with E-state index in [0.29, 0.717) is 12.6 Å². The van der Waals surface area contributed by atoms with Gasteiger partial charge in [0.2, 0.25) is 11.8 Å². The summed E-state index contributed by atoms with van der Waals surface area (Å²) in [5.41, 5.74) is 0.860. The number of nitrogens with one attached hydrogen (secondary N) is 1. The van der Waals surface area contributed by atoms with Crippen LogP contribution in [-0.2, 0) is 20.9 Å². The Morgan fingerprint density at radius 3 is 2.77 bits per heavy atom. The molecule has 2 aliphatic rings. The topological polar surface area (TPSA) is 71.1 Å². The molecule has 0 aliphatic carbocycles. The van der Waals surface area contributed by atoms with E-state index in [2.05, 4.69) is 17.3 Å². The molecule has 0 aromatic heterocycles. The summed E-state index contributed by atoms with van der Waals surface area (Å²) in [5, 5.41) is 2.85. The number of hydrogen-bond acceptors (Lipinski definition) is 5. The van der Waals surface area contributed by atoms with Crippen molar-refractivity contribution in [2.75, 3.05) is 44.9 Å². The number of amides is 2. The SMILES string of the molecule is CN(CCOc1cccc(CNC(=O)C2CC(=O)N(c3ccc(F)cc3F)C2)c1)C1CCOCC1. The average Bonchev–Trinajstić information content (AvgIpc) is 3.24. The zero-order valence-electron chi connectivity index (χ0n) is 19.8. The minimum atomic E-state index is -0.824. The maximum absolute atomic E-state index is 14.1. The molecule has 1 unspecified atom stereocenters. The van der Waals surface area contributed by atoms with Crippen molar-refractivity contribution < 1.29 is 27.8 Å². The molecule has 4 rings (SSSR count). The van der Waals surface area contributed by atoms with Gasteiger partial charge in [-0.2, -0.15) is 0 Å². The lowest BCUT2D eigenvalue weighted by Gasteiger charge is -2.31. The van der Waals surface area contributed by atoms with Crippen LogP contribution in [0.15, 0.2) is 42.5 Å². The van der Waals surface area contributed by atoms with Crippen LogP contribution in [0.2, 0.25) is 0 Å². The first-order chi connectivity index (χ1) is 16.9. The maximum Gasteiger partial charge on any atom is 0.227 e. The number of hydrogen-bond donors (Lipinski definition) is 1. The quantitative estimate of drug-likeness (QED) is 0.589. The smallest absolute Gasteiger partial charge is 0.227 e. The van der Waals surface area contributed by atoms with Crippen LogP contribution < -0.4 is 15.0 Å². The number of halogens is 2. The Morgan fingerprint density at radius 2 is 2.00 bits per heavy atom. The van der Waals surface area contributed by atoms with E-state index in [4.69, 9.17) is 9.47 Å². The highest BCUT2D eigenvalue weighted by Gasteiger charge is 2.36. The second-order valence-electron chi connectivity index (χ2n) is 9.04. The van der Waals surface area contributed by atoms with Crippen LogP contribution in [0.5, 0.6) is 5.75 Å². The summed E-state index contributed by atoms with van der Waals surface area (Å²) in [4.78, 5) is 28.5. The third kappa shape index (κ3) is 6.55. The van der Waals surface area contributed by atoms with Crippen molar-refractivity contribution in [1.82, 2.24) is 10.2 Å². The van der Waals surface area contributed by atoms with Crippen LogP contribution >= 0.6 is 0 Å². The number of anilines is 1. The van der Waals surface area contributed by atoms with Gasteiger partial charge in [0.25, 0.3) is 0 Å². The van der Waals surface area contributed by atoms with Gasteiger partial charge in [-0.05, 0) is 49.7 Å². The van der Waals surface area contributed by atoms with Gasteiger partial charge in [-0.15, -0.1) is 0 Å². The molecule has 1 atom stereocenters. The number of ether oxygens (including phenoxy) is 2. The normalized spacial score (nSPS) is 18.8. The number of nitrogens with zero attached hydrogens (tertiary/aromatic N) is 2. The van der Waals surface area contributed by atoms with Crippen LogP contribution in [0.4, 0.5) is 14.5 Å². The fourth-order valence-corrected chi connectivity index (χ4v) is 4.51. The molecule has 2 heterocycles. The van der Waals surface area contributed by atoms with Crippen LogP contribution in [0.3, 0.4) is 0 Å². The monoisotopic (exact) mass is 487 g/mol. The molecule has 0 saturated carbocycles. The Labute approximate surface area is 204 Å². The molecular formula is C26H31F2N3O4. The summed E-state index contributed by atoms with van der Waals surface area (Å²) in [5.74, 6) is -2.07. The minimum Gasteiger partial charge on any atom is -0.492 e. The van der Waals surface area contributed by atoms with Crippen LogP contribution in [-0.4, -0.2) is 62.7 Å². The molecule has 2 aliphatic heterocycles. The first-order valence-corrected chi connectivity index (χ1v) is 11.9. The lowest BCUT2D eigenvalue weighted by Crippen LogP contribution is -2.38. The average molecular weight is 488 g/mol. The van der Waals surface area contributed by atoms with Crippen molar-refractivity contribution in [3.05, 3.63) is 59.7 Å². The third-order valence-corrected chi connectivity index (χ3v) is 6.59. The van der Waals surface area contributed by atoms with E-state index >= 15 is 0 Å². The van der Waals surface area contributed by atoms with E-state index in [0.717, 1.165) is 56.0 Å². The van der Waals surface area contributed by atoms with E-state index in [-0.39, 0.29) is 37.0 Å². The standard InChI is InChI=1S/C26H31F2N3O4/c1-30(21-7-10-34-11-8-21)9-12-35-22-4-2-3-18(13-22)16-29-26(33)19-14-25(32)31(17-19)24-6-5-20(27)15-23(24)28/h2-6,13,15,19,21H,7-12,14,16-17H2,1H3,(H,29,33).